The number of quaternary nitrogens is 1. The van der Waals surface area contributed by atoms with Gasteiger partial charge in [-0.2, -0.15) is 0 Å². The van der Waals surface area contributed by atoms with Crippen molar-refractivity contribution in [3.05, 3.63) is 45.2 Å². The van der Waals surface area contributed by atoms with Gasteiger partial charge in [-0.3, -0.25) is 4.79 Å². The predicted octanol–water partition coefficient (Wildman–Crippen LogP) is 1.54. The molecular weight excluding hydrogens is 396 g/mol. The molecule has 30 heavy (non-hydrogen) atoms. The molecule has 0 amide bonds. The number of nitrogens with one attached hydrogen (secondary N) is 3. The van der Waals surface area contributed by atoms with Crippen LogP contribution in [0.2, 0.25) is 0 Å². The molecule has 0 spiro atoms. The molecule has 1 aliphatic rings. The van der Waals surface area contributed by atoms with Crippen molar-refractivity contribution in [3.63, 3.8) is 0 Å². The van der Waals surface area contributed by atoms with E-state index in [2.05, 4.69) is 55.0 Å². The number of pyridine rings is 1. The highest BCUT2D eigenvalue weighted by Gasteiger charge is 2.19. The highest BCUT2D eigenvalue weighted by Crippen LogP contribution is 2.19. The van der Waals surface area contributed by atoms with Crippen LogP contribution in [-0.4, -0.2) is 60.4 Å². The molecule has 6 nitrogen and oxygen atoms in total. The monoisotopic (exact) mass is 431 g/mol. The topological polar surface area (TPSA) is 61.8 Å². The van der Waals surface area contributed by atoms with E-state index in [4.69, 9.17) is 17.0 Å². The maximum absolute atomic E-state index is 12.9. The standard InChI is InChI=1S/C23H34N4O2S/c1-5-17(3)24-23(30)27(9-8-26-10-12-29-13-11-26)15-20-14-19-7-6-16(2)18(4)21(19)25-22(20)28/h6-7,14,17H,5,8-13,15H2,1-4H3,(H,24,30)(H,25,28)/p+1/t17-/m0/s1. The van der Waals surface area contributed by atoms with Gasteiger partial charge in [0, 0.05) is 11.6 Å². The Bertz CT molecular complexity index is 937. The first kappa shape index (κ1) is 22.7. The Labute approximate surface area is 184 Å². The number of aryl methyl sites for hydroxylation is 2. The summed E-state index contributed by atoms with van der Waals surface area (Å²) in [6, 6.07) is 6.50. The van der Waals surface area contributed by atoms with Gasteiger partial charge >= 0.3 is 0 Å². The fraction of sp³-hybridized carbons (Fsp3) is 0.565. The van der Waals surface area contributed by atoms with E-state index in [9.17, 15) is 4.79 Å². The van der Waals surface area contributed by atoms with E-state index >= 15 is 0 Å². The van der Waals surface area contributed by atoms with Crippen LogP contribution < -0.4 is 15.8 Å². The van der Waals surface area contributed by atoms with Crippen LogP contribution >= 0.6 is 12.2 Å². The molecule has 1 aliphatic heterocycles. The van der Waals surface area contributed by atoms with Crippen molar-refractivity contribution in [1.29, 1.82) is 0 Å². The molecule has 1 saturated heterocycles. The number of fused-ring (bicyclic) bond motifs is 1. The number of thiocarbonyl (C=S) groups is 1. The van der Waals surface area contributed by atoms with Crippen LogP contribution in [0.5, 0.6) is 0 Å². The number of benzene rings is 1. The Balaban J connectivity index is 1.81. The number of rotatable bonds is 7. The smallest absolute Gasteiger partial charge is 0.253 e. The molecule has 0 bridgehead atoms. The number of aromatic nitrogens is 1. The molecule has 1 fully saturated rings. The third-order valence-corrected chi connectivity index (χ3v) is 6.57. The molecule has 3 N–H and O–H groups in total. The van der Waals surface area contributed by atoms with Crippen LogP contribution in [0.15, 0.2) is 23.0 Å². The highest BCUT2D eigenvalue weighted by molar-refractivity contribution is 7.80. The van der Waals surface area contributed by atoms with E-state index < -0.39 is 0 Å². The fourth-order valence-corrected chi connectivity index (χ4v) is 4.11. The Morgan fingerprint density at radius 2 is 2.07 bits per heavy atom. The fourth-order valence-electron chi connectivity index (χ4n) is 3.75. The number of H-pyrrole nitrogens is 1. The largest absolute Gasteiger partial charge is 0.370 e. The summed E-state index contributed by atoms with van der Waals surface area (Å²) in [5.74, 6) is 0. The Morgan fingerprint density at radius 3 is 2.77 bits per heavy atom. The molecule has 3 rings (SSSR count). The third kappa shape index (κ3) is 5.59. The zero-order chi connectivity index (χ0) is 21.7. The molecule has 1 aromatic carbocycles. The van der Waals surface area contributed by atoms with Crippen LogP contribution in [0.4, 0.5) is 0 Å². The molecule has 7 heteroatoms. The van der Waals surface area contributed by atoms with Crippen molar-refractivity contribution in [1.82, 2.24) is 15.2 Å². The molecule has 1 aromatic heterocycles. The summed E-state index contributed by atoms with van der Waals surface area (Å²) in [6.07, 6.45) is 0.998. The van der Waals surface area contributed by atoms with Gasteiger partial charge in [0.1, 0.15) is 13.1 Å². The van der Waals surface area contributed by atoms with Crippen LogP contribution in [0, 0.1) is 13.8 Å². The Hall–Kier alpha value is -1.96. The van der Waals surface area contributed by atoms with E-state index in [-0.39, 0.29) is 5.56 Å². The van der Waals surface area contributed by atoms with Crippen molar-refractivity contribution >= 4 is 28.2 Å². The third-order valence-electron chi connectivity index (χ3n) is 6.19. The average molecular weight is 432 g/mol. The second-order valence-electron chi connectivity index (χ2n) is 8.39. The Kier molecular flexibility index (Phi) is 7.86. The van der Waals surface area contributed by atoms with Crippen molar-refractivity contribution in [2.45, 2.75) is 46.7 Å². The van der Waals surface area contributed by atoms with Crippen molar-refractivity contribution in [3.8, 4) is 0 Å². The molecule has 1 atom stereocenters. The van der Waals surface area contributed by atoms with Gasteiger partial charge < -0.3 is 24.8 Å². The Morgan fingerprint density at radius 1 is 1.33 bits per heavy atom. The summed E-state index contributed by atoms with van der Waals surface area (Å²) >= 11 is 5.73. The summed E-state index contributed by atoms with van der Waals surface area (Å²) in [7, 11) is 0. The summed E-state index contributed by atoms with van der Waals surface area (Å²) in [4.78, 5) is 19.6. The summed E-state index contributed by atoms with van der Waals surface area (Å²) in [6.45, 7) is 14.4. The summed E-state index contributed by atoms with van der Waals surface area (Å²) in [5.41, 5.74) is 3.94. The van der Waals surface area contributed by atoms with Gasteiger partial charge in [0.05, 0.1) is 38.4 Å². The lowest BCUT2D eigenvalue weighted by atomic mass is 10.0. The molecule has 0 radical (unpaired) electrons. The number of nitrogens with zero attached hydrogens (tertiary/aromatic N) is 1. The highest BCUT2D eigenvalue weighted by atomic mass is 32.1. The lowest BCUT2D eigenvalue weighted by Crippen LogP contribution is -3.14. The number of hydrogen-bond acceptors (Lipinski definition) is 3. The number of morpholine rings is 1. The molecular formula is C23H35N4O2S+. The first-order valence-electron chi connectivity index (χ1n) is 11.0. The minimum absolute atomic E-state index is 0.0359. The average Bonchev–Trinajstić information content (AvgIpc) is 2.75. The molecule has 2 heterocycles. The second kappa shape index (κ2) is 10.4. The normalized spacial score (nSPS) is 15.9. The van der Waals surface area contributed by atoms with Crippen molar-refractivity contribution in [2.75, 3.05) is 39.4 Å². The zero-order valence-electron chi connectivity index (χ0n) is 18.6. The number of ether oxygens (including phenoxy) is 1. The van der Waals surface area contributed by atoms with Gasteiger partial charge in [-0.1, -0.05) is 19.1 Å². The van der Waals surface area contributed by atoms with Crippen LogP contribution in [0.25, 0.3) is 10.9 Å². The predicted molar refractivity (Wildman–Crippen MR) is 126 cm³/mol. The van der Waals surface area contributed by atoms with Gasteiger partial charge in [0.15, 0.2) is 5.11 Å². The summed E-state index contributed by atoms with van der Waals surface area (Å²) in [5, 5.41) is 5.20. The van der Waals surface area contributed by atoms with Crippen molar-refractivity contribution in [2.24, 2.45) is 0 Å². The molecule has 0 unspecified atom stereocenters. The number of hydrogen-bond donors (Lipinski definition) is 3. The van der Waals surface area contributed by atoms with E-state index in [1.807, 2.05) is 6.07 Å². The molecule has 164 valence electrons. The van der Waals surface area contributed by atoms with Crippen LogP contribution in [0.1, 0.15) is 37.0 Å². The van der Waals surface area contributed by atoms with E-state index in [0.717, 1.165) is 73.0 Å². The number of aromatic amines is 1. The molecule has 0 saturated carbocycles. The van der Waals surface area contributed by atoms with E-state index in [0.29, 0.717) is 12.6 Å². The SMILES string of the molecule is CC[C@H](C)NC(=S)N(CC[NH+]1CCOCC1)Cc1cc2ccc(C)c(C)c2[nH]c1=O. The van der Waals surface area contributed by atoms with Crippen LogP contribution in [-0.2, 0) is 11.3 Å². The van der Waals surface area contributed by atoms with Gasteiger partial charge in [0.2, 0.25) is 0 Å². The van der Waals surface area contributed by atoms with Gasteiger partial charge in [0.25, 0.3) is 5.56 Å². The minimum atomic E-state index is -0.0359. The van der Waals surface area contributed by atoms with E-state index in [1.165, 1.54) is 10.5 Å². The van der Waals surface area contributed by atoms with Gasteiger partial charge in [-0.25, -0.2) is 0 Å². The first-order chi connectivity index (χ1) is 14.4. The maximum Gasteiger partial charge on any atom is 0.253 e. The lowest BCUT2D eigenvalue weighted by Gasteiger charge is -2.30. The quantitative estimate of drug-likeness (QED) is 0.581. The molecule has 2 aromatic rings. The second-order valence-corrected chi connectivity index (χ2v) is 8.77. The van der Waals surface area contributed by atoms with Gasteiger partial charge in [-0.05, 0) is 62.0 Å². The van der Waals surface area contributed by atoms with Crippen molar-refractivity contribution < 1.29 is 9.64 Å². The minimum Gasteiger partial charge on any atom is -0.370 e. The molecule has 0 aliphatic carbocycles. The van der Waals surface area contributed by atoms with E-state index in [1.54, 1.807) is 0 Å². The van der Waals surface area contributed by atoms with Gasteiger partial charge in [-0.15, -0.1) is 0 Å². The maximum atomic E-state index is 12.9. The van der Waals surface area contributed by atoms with Crippen LogP contribution in [0.3, 0.4) is 0 Å². The lowest BCUT2D eigenvalue weighted by molar-refractivity contribution is -0.907. The summed E-state index contributed by atoms with van der Waals surface area (Å²) < 4.78 is 5.47. The zero-order valence-corrected chi connectivity index (χ0v) is 19.5. The first-order valence-corrected chi connectivity index (χ1v) is 11.4.